The minimum atomic E-state index is -0.228. The molecule has 2 aromatic heterocycles. The molecule has 1 saturated carbocycles. The fourth-order valence-corrected chi connectivity index (χ4v) is 5.83. The van der Waals surface area contributed by atoms with Crippen LogP contribution in [0.4, 0.5) is 0 Å². The van der Waals surface area contributed by atoms with Crippen LogP contribution in [-0.4, -0.2) is 40.4 Å². The predicted molar refractivity (Wildman–Crippen MR) is 137 cm³/mol. The number of rotatable bonds is 10. The first-order chi connectivity index (χ1) is 16.1. The fraction of sp³-hybridized carbons (Fsp3) is 0.480. The number of amides is 1. The van der Waals surface area contributed by atoms with Crippen LogP contribution in [0.5, 0.6) is 0 Å². The third kappa shape index (κ3) is 6.46. The Morgan fingerprint density at radius 3 is 2.85 bits per heavy atom. The van der Waals surface area contributed by atoms with E-state index in [2.05, 4.69) is 15.3 Å². The van der Waals surface area contributed by atoms with Crippen molar-refractivity contribution in [2.24, 2.45) is 0 Å². The lowest BCUT2D eigenvalue weighted by atomic mass is 9.98. The van der Waals surface area contributed by atoms with Gasteiger partial charge in [-0.05, 0) is 31.7 Å². The van der Waals surface area contributed by atoms with E-state index in [4.69, 9.17) is 4.74 Å². The van der Waals surface area contributed by atoms with Crippen LogP contribution in [0.3, 0.4) is 0 Å². The first kappa shape index (κ1) is 24.0. The number of carbonyl (C=O) groups excluding carboxylic acids is 1. The Kier molecular flexibility index (Phi) is 8.58. The van der Waals surface area contributed by atoms with Crippen molar-refractivity contribution in [2.75, 3.05) is 13.2 Å². The van der Waals surface area contributed by atoms with E-state index in [-0.39, 0.29) is 16.7 Å². The van der Waals surface area contributed by atoms with E-state index in [0.29, 0.717) is 36.2 Å². The van der Waals surface area contributed by atoms with E-state index in [1.165, 1.54) is 55.2 Å². The van der Waals surface area contributed by atoms with Gasteiger partial charge >= 0.3 is 0 Å². The molecule has 33 heavy (non-hydrogen) atoms. The topological polar surface area (TPSA) is 84.1 Å². The summed E-state index contributed by atoms with van der Waals surface area (Å²) in [7, 11) is 0. The summed E-state index contributed by atoms with van der Waals surface area (Å²) in [5.41, 5.74) is 1.78. The molecule has 1 atom stereocenters. The molecule has 1 amide bonds. The van der Waals surface area contributed by atoms with Gasteiger partial charge in [-0.15, -0.1) is 23.1 Å². The van der Waals surface area contributed by atoms with Gasteiger partial charge in [-0.25, -0.2) is 4.98 Å². The van der Waals surface area contributed by atoms with E-state index in [9.17, 15) is 9.59 Å². The van der Waals surface area contributed by atoms with Crippen LogP contribution in [0.15, 0.2) is 40.5 Å². The summed E-state index contributed by atoms with van der Waals surface area (Å²) in [6, 6.07) is 9.86. The minimum Gasteiger partial charge on any atom is -0.378 e. The molecule has 6 nitrogen and oxygen atoms in total. The Balaban J connectivity index is 1.24. The van der Waals surface area contributed by atoms with Gasteiger partial charge in [0.05, 0.1) is 22.5 Å². The maximum atomic E-state index is 12.8. The summed E-state index contributed by atoms with van der Waals surface area (Å²) in [5.74, 6) is 1.08. The maximum absolute atomic E-state index is 12.8. The normalized spacial score (nSPS) is 15.5. The standard InChI is InChI=1S/C25H31N3O3S2/c1-17(23(29)26-13-8-14-31-19-11-6-3-7-12-19)32-16-21-27-24(30)22-20(15-33-25(22)28-21)18-9-4-2-5-10-18/h2,4-5,9-10,15,17,19H,3,6-8,11-14,16H2,1H3,(H,26,29)(H,27,28,30). The molecule has 8 heteroatoms. The van der Waals surface area contributed by atoms with Gasteiger partial charge in [-0.1, -0.05) is 49.6 Å². The second kappa shape index (κ2) is 11.8. The third-order valence-electron chi connectivity index (χ3n) is 5.94. The number of thioether (sulfide) groups is 1. The molecule has 0 aliphatic heterocycles. The van der Waals surface area contributed by atoms with Crippen LogP contribution < -0.4 is 10.9 Å². The van der Waals surface area contributed by atoms with Crippen molar-refractivity contribution in [3.8, 4) is 11.1 Å². The number of benzene rings is 1. The maximum Gasteiger partial charge on any atom is 0.260 e. The highest BCUT2D eigenvalue weighted by molar-refractivity contribution is 7.99. The molecule has 1 unspecified atom stereocenters. The summed E-state index contributed by atoms with van der Waals surface area (Å²) in [6.45, 7) is 3.20. The molecule has 4 rings (SSSR count). The zero-order chi connectivity index (χ0) is 23.0. The number of aromatic nitrogens is 2. The number of nitrogens with one attached hydrogen (secondary N) is 2. The Labute approximate surface area is 202 Å². The van der Waals surface area contributed by atoms with Crippen LogP contribution in [0, 0.1) is 0 Å². The van der Waals surface area contributed by atoms with Crippen molar-refractivity contribution in [3.63, 3.8) is 0 Å². The smallest absolute Gasteiger partial charge is 0.260 e. The predicted octanol–water partition coefficient (Wildman–Crippen LogP) is 5.13. The number of hydrogen-bond donors (Lipinski definition) is 2. The van der Waals surface area contributed by atoms with Gasteiger partial charge in [0.2, 0.25) is 5.91 Å². The molecule has 0 spiro atoms. The number of nitrogens with zero attached hydrogens (tertiary/aromatic N) is 1. The van der Waals surface area contributed by atoms with Crippen LogP contribution in [-0.2, 0) is 15.3 Å². The molecule has 3 aromatic rings. The molecule has 1 aliphatic carbocycles. The second-order valence-electron chi connectivity index (χ2n) is 8.44. The highest BCUT2D eigenvalue weighted by atomic mass is 32.2. The van der Waals surface area contributed by atoms with Gasteiger partial charge in [-0.2, -0.15) is 0 Å². The number of H-pyrrole nitrogens is 1. The average molecular weight is 486 g/mol. The van der Waals surface area contributed by atoms with Crippen molar-refractivity contribution in [3.05, 3.63) is 51.9 Å². The first-order valence-corrected chi connectivity index (χ1v) is 13.6. The summed E-state index contributed by atoms with van der Waals surface area (Å²) in [6.07, 6.45) is 7.43. The Hall–Kier alpha value is -2.16. The van der Waals surface area contributed by atoms with Gasteiger partial charge in [0.15, 0.2) is 0 Å². The zero-order valence-electron chi connectivity index (χ0n) is 19.0. The van der Waals surface area contributed by atoms with E-state index >= 15 is 0 Å². The van der Waals surface area contributed by atoms with Gasteiger partial charge < -0.3 is 15.0 Å². The Bertz CT molecular complexity index is 1110. The number of aromatic amines is 1. The molecule has 2 N–H and O–H groups in total. The Morgan fingerprint density at radius 1 is 1.27 bits per heavy atom. The number of ether oxygens (including phenoxy) is 1. The Morgan fingerprint density at radius 2 is 2.06 bits per heavy atom. The monoisotopic (exact) mass is 485 g/mol. The molecule has 1 fully saturated rings. The van der Waals surface area contributed by atoms with Gasteiger partial charge in [0, 0.05) is 24.1 Å². The lowest BCUT2D eigenvalue weighted by molar-refractivity contribution is -0.120. The number of fused-ring (bicyclic) bond motifs is 1. The summed E-state index contributed by atoms with van der Waals surface area (Å²) >= 11 is 2.95. The highest BCUT2D eigenvalue weighted by Crippen LogP contribution is 2.30. The average Bonchev–Trinajstić information content (AvgIpc) is 3.28. The molecule has 2 heterocycles. The zero-order valence-corrected chi connectivity index (χ0v) is 20.6. The highest BCUT2D eigenvalue weighted by Gasteiger charge is 2.17. The van der Waals surface area contributed by atoms with Crippen molar-refractivity contribution >= 4 is 39.2 Å². The van der Waals surface area contributed by atoms with Gasteiger partial charge in [-0.3, -0.25) is 9.59 Å². The number of hydrogen-bond acceptors (Lipinski definition) is 6. The fourth-order valence-electron chi connectivity index (χ4n) is 4.08. The van der Waals surface area contributed by atoms with Crippen molar-refractivity contribution in [1.29, 1.82) is 0 Å². The lowest BCUT2D eigenvalue weighted by Gasteiger charge is -2.22. The molecule has 0 bridgehead atoms. The largest absolute Gasteiger partial charge is 0.378 e. The van der Waals surface area contributed by atoms with Crippen LogP contribution in [0.25, 0.3) is 21.3 Å². The molecule has 1 aromatic carbocycles. The summed E-state index contributed by atoms with van der Waals surface area (Å²) in [5, 5.41) is 5.37. The summed E-state index contributed by atoms with van der Waals surface area (Å²) < 4.78 is 5.91. The quantitative estimate of drug-likeness (QED) is 0.389. The van der Waals surface area contributed by atoms with Gasteiger partial charge in [0.25, 0.3) is 5.56 Å². The van der Waals surface area contributed by atoms with Crippen LogP contribution >= 0.6 is 23.1 Å². The molecular weight excluding hydrogens is 454 g/mol. The first-order valence-electron chi connectivity index (χ1n) is 11.7. The molecule has 0 saturated heterocycles. The van der Waals surface area contributed by atoms with E-state index in [1.54, 1.807) is 0 Å². The molecule has 1 aliphatic rings. The molecule has 176 valence electrons. The second-order valence-corrected chi connectivity index (χ2v) is 10.6. The van der Waals surface area contributed by atoms with Crippen molar-refractivity contribution < 1.29 is 9.53 Å². The van der Waals surface area contributed by atoms with Crippen LogP contribution in [0.2, 0.25) is 0 Å². The number of thiophene rings is 1. The van der Waals surface area contributed by atoms with Gasteiger partial charge in [0.1, 0.15) is 10.7 Å². The summed E-state index contributed by atoms with van der Waals surface area (Å²) in [4.78, 5) is 33.4. The van der Waals surface area contributed by atoms with E-state index in [1.807, 2.05) is 42.6 Å². The van der Waals surface area contributed by atoms with Crippen molar-refractivity contribution in [1.82, 2.24) is 15.3 Å². The van der Waals surface area contributed by atoms with Crippen molar-refractivity contribution in [2.45, 2.75) is 62.6 Å². The van der Waals surface area contributed by atoms with E-state index < -0.39 is 0 Å². The molecule has 0 radical (unpaired) electrons. The van der Waals surface area contributed by atoms with Crippen LogP contribution in [0.1, 0.15) is 51.3 Å². The minimum absolute atomic E-state index is 0.00331. The number of carbonyl (C=O) groups is 1. The molecular formula is C25H31N3O3S2. The SMILES string of the molecule is CC(SCc1nc2scc(-c3ccccc3)c2c(=O)[nH]1)C(=O)NCCCOC1CCCCC1. The lowest BCUT2D eigenvalue weighted by Crippen LogP contribution is -2.32. The third-order valence-corrected chi connectivity index (χ3v) is 7.97. The van der Waals surface area contributed by atoms with E-state index in [0.717, 1.165) is 22.4 Å².